The normalized spacial score (nSPS) is 10.8. The second kappa shape index (κ2) is 7.43. The Morgan fingerprint density at radius 3 is 2.64 bits per heavy atom. The van der Waals surface area contributed by atoms with Crippen molar-refractivity contribution in [2.24, 2.45) is 0 Å². The maximum Gasteiger partial charge on any atom is 0.253 e. The summed E-state index contributed by atoms with van der Waals surface area (Å²) in [5.41, 5.74) is 4.32. The predicted octanol–water partition coefficient (Wildman–Crippen LogP) is 2.43. The smallest absolute Gasteiger partial charge is 0.253 e. The average molecular weight is 373 g/mol. The van der Waals surface area contributed by atoms with Crippen molar-refractivity contribution < 1.29 is 4.79 Å². The molecule has 0 saturated heterocycles. The Morgan fingerprint density at radius 2 is 1.93 bits per heavy atom. The number of hydrogen-bond acceptors (Lipinski definition) is 5. The Labute approximate surface area is 162 Å². The number of amides is 1. The molecule has 0 saturated carbocycles. The van der Waals surface area contributed by atoms with Crippen LogP contribution in [0.3, 0.4) is 0 Å². The number of carbonyl (C=O) groups is 1. The van der Waals surface area contributed by atoms with Gasteiger partial charge in [-0.1, -0.05) is 18.2 Å². The third-order valence-electron chi connectivity index (χ3n) is 4.46. The largest absolute Gasteiger partial charge is 0.337 e. The van der Waals surface area contributed by atoms with Crippen molar-refractivity contribution in [2.45, 2.75) is 13.5 Å². The van der Waals surface area contributed by atoms with Crippen molar-refractivity contribution >= 4 is 5.91 Å². The minimum absolute atomic E-state index is 0.0566. The molecular weight excluding hydrogens is 354 g/mol. The fourth-order valence-electron chi connectivity index (χ4n) is 3.05. The van der Waals surface area contributed by atoms with Crippen LogP contribution in [0.25, 0.3) is 11.4 Å². The van der Waals surface area contributed by atoms with Crippen LogP contribution in [0, 0.1) is 6.92 Å². The molecule has 0 radical (unpaired) electrons. The fraction of sp³-hybridized carbons (Fsp3) is 0.150. The van der Waals surface area contributed by atoms with Crippen LogP contribution in [0.15, 0.2) is 67.3 Å². The monoisotopic (exact) mass is 373 g/mol. The van der Waals surface area contributed by atoms with Gasteiger partial charge in [-0.2, -0.15) is 5.10 Å². The van der Waals surface area contributed by atoms with E-state index in [2.05, 4.69) is 20.6 Å². The molecule has 2 aromatic heterocycles. The van der Waals surface area contributed by atoms with Crippen LogP contribution in [-0.4, -0.2) is 47.8 Å². The Kier molecular flexibility index (Phi) is 4.67. The summed E-state index contributed by atoms with van der Waals surface area (Å²) < 4.78 is 3.38. The highest BCUT2D eigenvalue weighted by Gasteiger charge is 2.15. The van der Waals surface area contributed by atoms with Crippen molar-refractivity contribution in [1.82, 2.24) is 34.9 Å². The molecule has 0 spiro atoms. The number of nitrogens with zero attached hydrogens (tertiary/aromatic N) is 7. The van der Waals surface area contributed by atoms with Gasteiger partial charge in [-0.15, -0.1) is 5.10 Å². The maximum atomic E-state index is 12.8. The lowest BCUT2D eigenvalue weighted by molar-refractivity contribution is 0.0785. The zero-order chi connectivity index (χ0) is 19.5. The van der Waals surface area contributed by atoms with Crippen molar-refractivity contribution in [3.8, 4) is 11.4 Å². The predicted molar refractivity (Wildman–Crippen MR) is 103 cm³/mol. The van der Waals surface area contributed by atoms with E-state index >= 15 is 0 Å². The van der Waals surface area contributed by atoms with E-state index in [-0.39, 0.29) is 5.91 Å². The Balaban J connectivity index is 1.48. The van der Waals surface area contributed by atoms with Gasteiger partial charge in [0.25, 0.3) is 5.91 Å². The highest BCUT2D eigenvalue weighted by molar-refractivity contribution is 5.94. The summed E-state index contributed by atoms with van der Waals surface area (Å²) in [6, 6.07) is 15.4. The summed E-state index contributed by atoms with van der Waals surface area (Å²) in [5, 5.41) is 15.6. The molecule has 8 heteroatoms. The lowest BCUT2D eigenvalue weighted by Crippen LogP contribution is -2.26. The minimum atomic E-state index is -0.0566. The van der Waals surface area contributed by atoms with Gasteiger partial charge in [0, 0.05) is 30.9 Å². The molecule has 0 atom stereocenters. The number of rotatable bonds is 5. The first kappa shape index (κ1) is 17.6. The SMILES string of the molecule is Cc1cc(C(=O)N(C)Cc2cnn(-c3ccccc3)c2)ccc1-n1cnnn1. The molecule has 140 valence electrons. The van der Waals surface area contributed by atoms with Crippen LogP contribution < -0.4 is 0 Å². The second-order valence-electron chi connectivity index (χ2n) is 6.55. The first-order valence-electron chi connectivity index (χ1n) is 8.80. The molecule has 0 aliphatic heterocycles. The van der Waals surface area contributed by atoms with Crippen LogP contribution in [-0.2, 0) is 6.54 Å². The molecule has 4 aromatic rings. The van der Waals surface area contributed by atoms with E-state index < -0.39 is 0 Å². The topological polar surface area (TPSA) is 81.7 Å². The quantitative estimate of drug-likeness (QED) is 0.537. The van der Waals surface area contributed by atoms with Gasteiger partial charge < -0.3 is 4.90 Å². The second-order valence-corrected chi connectivity index (χ2v) is 6.55. The number of para-hydroxylation sites is 1. The van der Waals surface area contributed by atoms with Crippen LogP contribution in [0.5, 0.6) is 0 Å². The Bertz CT molecular complexity index is 1090. The van der Waals surface area contributed by atoms with Gasteiger partial charge in [0.2, 0.25) is 0 Å². The molecule has 0 N–H and O–H groups in total. The summed E-state index contributed by atoms with van der Waals surface area (Å²) in [6.07, 6.45) is 5.24. The van der Waals surface area contributed by atoms with E-state index in [0.717, 1.165) is 22.5 Å². The van der Waals surface area contributed by atoms with E-state index in [1.165, 1.54) is 6.33 Å². The third-order valence-corrected chi connectivity index (χ3v) is 4.46. The lowest BCUT2D eigenvalue weighted by Gasteiger charge is -2.17. The van der Waals surface area contributed by atoms with Crippen LogP contribution in [0.4, 0.5) is 0 Å². The number of hydrogen-bond donors (Lipinski definition) is 0. The Morgan fingerprint density at radius 1 is 1.11 bits per heavy atom. The van der Waals surface area contributed by atoms with Crippen LogP contribution >= 0.6 is 0 Å². The number of aromatic nitrogens is 6. The van der Waals surface area contributed by atoms with E-state index in [9.17, 15) is 4.79 Å². The number of tetrazole rings is 1. The van der Waals surface area contributed by atoms with Crippen LogP contribution in [0.1, 0.15) is 21.5 Å². The summed E-state index contributed by atoms with van der Waals surface area (Å²) in [5.74, 6) is -0.0566. The van der Waals surface area contributed by atoms with Crippen molar-refractivity contribution in [2.75, 3.05) is 7.05 Å². The average Bonchev–Trinajstić information content (AvgIpc) is 3.40. The molecule has 0 aliphatic carbocycles. The molecule has 1 amide bonds. The van der Waals surface area contributed by atoms with E-state index in [1.807, 2.05) is 55.6 Å². The molecule has 4 rings (SSSR count). The number of benzene rings is 2. The van der Waals surface area contributed by atoms with Crippen molar-refractivity contribution in [3.05, 3.63) is 83.9 Å². The van der Waals surface area contributed by atoms with Crippen molar-refractivity contribution in [1.29, 1.82) is 0 Å². The summed E-state index contributed by atoms with van der Waals surface area (Å²) >= 11 is 0. The molecule has 0 bridgehead atoms. The minimum Gasteiger partial charge on any atom is -0.337 e. The van der Waals surface area contributed by atoms with Gasteiger partial charge in [0.05, 0.1) is 17.6 Å². The van der Waals surface area contributed by atoms with E-state index in [0.29, 0.717) is 12.1 Å². The molecule has 2 heterocycles. The Hall–Kier alpha value is -3.81. The van der Waals surface area contributed by atoms with E-state index in [4.69, 9.17) is 0 Å². The molecule has 0 unspecified atom stereocenters. The zero-order valence-electron chi connectivity index (χ0n) is 15.6. The fourth-order valence-corrected chi connectivity index (χ4v) is 3.05. The van der Waals surface area contributed by atoms with Crippen molar-refractivity contribution in [3.63, 3.8) is 0 Å². The number of aryl methyl sites for hydroxylation is 1. The number of carbonyl (C=O) groups excluding carboxylic acids is 1. The molecule has 28 heavy (non-hydrogen) atoms. The van der Waals surface area contributed by atoms with Gasteiger partial charge in [-0.3, -0.25) is 4.79 Å². The molecular formula is C20H19N7O. The van der Waals surface area contributed by atoms with Gasteiger partial charge >= 0.3 is 0 Å². The van der Waals surface area contributed by atoms with Gasteiger partial charge in [0.15, 0.2) is 0 Å². The summed E-state index contributed by atoms with van der Waals surface area (Å²) in [6.45, 7) is 2.40. The molecule has 2 aromatic carbocycles. The third kappa shape index (κ3) is 3.52. The molecule has 0 fully saturated rings. The van der Waals surface area contributed by atoms with E-state index in [1.54, 1.807) is 33.6 Å². The van der Waals surface area contributed by atoms with Gasteiger partial charge in [0.1, 0.15) is 6.33 Å². The molecule has 8 nitrogen and oxygen atoms in total. The van der Waals surface area contributed by atoms with Crippen LogP contribution in [0.2, 0.25) is 0 Å². The maximum absolute atomic E-state index is 12.8. The first-order valence-corrected chi connectivity index (χ1v) is 8.80. The highest BCUT2D eigenvalue weighted by atomic mass is 16.2. The standard InChI is InChI=1S/C20H19N7O/c1-15-10-17(8-9-19(15)27-14-21-23-24-27)20(28)25(2)12-16-11-22-26(13-16)18-6-4-3-5-7-18/h3-11,13-14H,12H2,1-2H3. The summed E-state index contributed by atoms with van der Waals surface area (Å²) in [7, 11) is 1.78. The summed E-state index contributed by atoms with van der Waals surface area (Å²) in [4.78, 5) is 14.5. The van der Waals surface area contributed by atoms with Gasteiger partial charge in [-0.05, 0) is 53.2 Å². The zero-order valence-corrected chi connectivity index (χ0v) is 15.6. The lowest BCUT2D eigenvalue weighted by atomic mass is 10.1. The first-order chi connectivity index (χ1) is 13.6. The highest BCUT2D eigenvalue weighted by Crippen LogP contribution is 2.17. The molecule has 0 aliphatic rings. The van der Waals surface area contributed by atoms with Gasteiger partial charge in [-0.25, -0.2) is 9.36 Å².